The van der Waals surface area contributed by atoms with Crippen LogP contribution in [0, 0.1) is 0 Å². The van der Waals surface area contributed by atoms with Crippen molar-refractivity contribution in [3.63, 3.8) is 0 Å². The zero-order chi connectivity index (χ0) is 29.1. The van der Waals surface area contributed by atoms with Crippen LogP contribution in [0.15, 0.2) is 188 Å². The number of allylic oxidation sites excluding steroid dienone is 9. The fourth-order valence-electron chi connectivity index (χ4n) is 4.74. The van der Waals surface area contributed by atoms with Crippen LogP contribution in [0.2, 0.25) is 0 Å². The Morgan fingerprint density at radius 1 is 0.442 bits per heavy atom. The van der Waals surface area contributed by atoms with Crippen LogP contribution in [0.3, 0.4) is 0 Å². The molecule has 0 atom stereocenters. The van der Waals surface area contributed by atoms with E-state index in [-0.39, 0.29) is 0 Å². The molecule has 43 heavy (non-hydrogen) atoms. The highest BCUT2D eigenvalue weighted by molar-refractivity contribution is 8.16. The molecule has 6 rings (SSSR count). The maximum absolute atomic E-state index is 2.27. The second-order valence-corrected chi connectivity index (χ2v) is 12.2. The SMILES string of the molecule is C(/C=C/C=C/C=C/c1cc(-c2ccccc2)[s+]c(-c2ccccc2)c1)=C1C=C(c2ccccc2)SC(c2ccccc2)=C1. The Morgan fingerprint density at radius 2 is 0.860 bits per heavy atom. The summed E-state index contributed by atoms with van der Waals surface area (Å²) in [5.74, 6) is 0. The van der Waals surface area contributed by atoms with E-state index in [9.17, 15) is 0 Å². The van der Waals surface area contributed by atoms with Crippen molar-refractivity contribution in [2.24, 2.45) is 0 Å². The number of rotatable bonds is 8. The van der Waals surface area contributed by atoms with Gasteiger partial charge in [0.2, 0.25) is 21.1 Å². The van der Waals surface area contributed by atoms with Gasteiger partial charge in [0, 0.05) is 33.1 Å². The van der Waals surface area contributed by atoms with Gasteiger partial charge in [0.15, 0.2) is 0 Å². The molecule has 0 unspecified atom stereocenters. The Bertz CT molecular complexity index is 1730. The molecule has 0 N–H and O–H groups in total. The molecule has 0 bridgehead atoms. The normalized spacial score (nSPS) is 13.4. The van der Waals surface area contributed by atoms with Crippen molar-refractivity contribution < 1.29 is 0 Å². The van der Waals surface area contributed by atoms with Gasteiger partial charge in [-0.1, -0.05) is 151 Å². The van der Waals surface area contributed by atoms with E-state index in [0.717, 1.165) is 0 Å². The molecular formula is C41H31S2+. The largest absolute Gasteiger partial charge is 0.239 e. The topological polar surface area (TPSA) is 0 Å². The molecule has 2 heterocycles. The number of hydrogen-bond donors (Lipinski definition) is 0. The summed E-state index contributed by atoms with van der Waals surface area (Å²) in [6, 6.07) is 47.0. The van der Waals surface area contributed by atoms with Gasteiger partial charge in [0.25, 0.3) is 0 Å². The first-order chi connectivity index (χ1) is 21.3. The Labute approximate surface area is 263 Å². The van der Waals surface area contributed by atoms with Gasteiger partial charge in [-0.05, 0) is 58.7 Å². The molecular weight excluding hydrogens is 557 g/mol. The van der Waals surface area contributed by atoms with Gasteiger partial charge in [-0.2, -0.15) is 0 Å². The molecule has 0 radical (unpaired) electrons. The van der Waals surface area contributed by atoms with Gasteiger partial charge in [-0.3, -0.25) is 0 Å². The molecule has 4 aromatic carbocycles. The summed E-state index contributed by atoms with van der Waals surface area (Å²) in [4.78, 5) is 5.03. The van der Waals surface area contributed by atoms with E-state index >= 15 is 0 Å². The first-order valence-corrected chi connectivity index (χ1v) is 16.0. The van der Waals surface area contributed by atoms with Crippen molar-refractivity contribution in [3.8, 4) is 20.9 Å². The molecule has 0 saturated carbocycles. The Balaban J connectivity index is 1.20. The third kappa shape index (κ3) is 7.75. The zero-order valence-corrected chi connectivity index (χ0v) is 25.3. The maximum Gasteiger partial charge on any atom is 0.239 e. The van der Waals surface area contributed by atoms with Crippen LogP contribution in [-0.4, -0.2) is 0 Å². The van der Waals surface area contributed by atoms with Gasteiger partial charge in [0.1, 0.15) is 0 Å². The van der Waals surface area contributed by atoms with Crippen LogP contribution in [0.4, 0.5) is 0 Å². The number of thioether (sulfide) groups is 1. The summed E-state index contributed by atoms with van der Waals surface area (Å²) >= 11 is 3.65. The number of hydrogen-bond acceptors (Lipinski definition) is 1. The maximum atomic E-state index is 2.27. The standard InChI is InChI=1S/C41H31S2/c1(2-8-18-32-28-38(34-20-10-4-11-21-34)42-39(29-32)35-22-12-5-13-23-35)3-9-19-33-30-40(36-24-14-6-15-25-36)43-41(31-33)37-26-16-7-17-27-37/h1-31H/q+1. The second kappa shape index (κ2) is 14.4. The van der Waals surface area contributed by atoms with Gasteiger partial charge in [-0.25, -0.2) is 0 Å². The molecule has 2 heteroatoms. The fraction of sp³-hybridized carbons (Fsp3) is 0. The quantitative estimate of drug-likeness (QED) is 0.129. The van der Waals surface area contributed by atoms with Crippen LogP contribution in [-0.2, 0) is 0 Å². The van der Waals surface area contributed by atoms with Crippen molar-refractivity contribution >= 4 is 39.0 Å². The van der Waals surface area contributed by atoms with Crippen LogP contribution in [0.1, 0.15) is 16.7 Å². The minimum Gasteiger partial charge on any atom is -0.0888 e. The van der Waals surface area contributed by atoms with Gasteiger partial charge in [0.05, 0.1) is 0 Å². The average Bonchev–Trinajstić information content (AvgIpc) is 3.09. The minimum absolute atomic E-state index is 1.18. The van der Waals surface area contributed by atoms with Gasteiger partial charge >= 0.3 is 0 Å². The molecule has 0 fully saturated rings. The van der Waals surface area contributed by atoms with E-state index < -0.39 is 0 Å². The van der Waals surface area contributed by atoms with E-state index in [1.165, 1.54) is 53.0 Å². The smallest absolute Gasteiger partial charge is 0.0888 e. The highest BCUT2D eigenvalue weighted by Crippen LogP contribution is 2.43. The average molecular weight is 588 g/mol. The van der Waals surface area contributed by atoms with Crippen molar-refractivity contribution in [2.45, 2.75) is 0 Å². The van der Waals surface area contributed by atoms with Crippen LogP contribution in [0.25, 0.3) is 36.8 Å². The van der Waals surface area contributed by atoms with E-state index in [1.54, 1.807) is 0 Å². The van der Waals surface area contributed by atoms with Crippen molar-refractivity contribution in [1.82, 2.24) is 0 Å². The molecule has 0 amide bonds. The molecule has 0 spiro atoms. The monoisotopic (exact) mass is 587 g/mol. The van der Waals surface area contributed by atoms with E-state index in [4.69, 9.17) is 0 Å². The molecule has 1 aliphatic rings. The van der Waals surface area contributed by atoms with E-state index in [1.807, 2.05) is 23.1 Å². The highest BCUT2D eigenvalue weighted by atomic mass is 32.2. The van der Waals surface area contributed by atoms with E-state index in [2.05, 4.69) is 188 Å². The highest BCUT2D eigenvalue weighted by Gasteiger charge is 2.17. The third-order valence-electron chi connectivity index (χ3n) is 6.89. The zero-order valence-electron chi connectivity index (χ0n) is 23.7. The number of benzene rings is 4. The fourth-order valence-corrected chi connectivity index (χ4v) is 7.01. The molecule has 0 saturated heterocycles. The van der Waals surface area contributed by atoms with Crippen molar-refractivity contribution in [1.29, 1.82) is 0 Å². The molecule has 206 valence electrons. The van der Waals surface area contributed by atoms with Crippen molar-refractivity contribution in [2.75, 3.05) is 0 Å². The summed E-state index contributed by atoms with van der Waals surface area (Å²) in [6.07, 6.45) is 19.4. The first-order valence-electron chi connectivity index (χ1n) is 14.3. The predicted octanol–water partition coefficient (Wildman–Crippen LogP) is 12.2. The van der Waals surface area contributed by atoms with Crippen LogP contribution >= 0.6 is 23.1 Å². The van der Waals surface area contributed by atoms with Gasteiger partial charge in [-0.15, -0.1) is 0 Å². The molecule has 1 aromatic heterocycles. The first kappa shape index (κ1) is 28.4. The lowest BCUT2D eigenvalue weighted by Gasteiger charge is -2.17. The summed E-state index contributed by atoms with van der Waals surface area (Å²) in [5.41, 5.74) is 7.32. The lowest BCUT2D eigenvalue weighted by molar-refractivity contribution is 1.60. The summed E-state index contributed by atoms with van der Waals surface area (Å²) in [5, 5.41) is 0. The molecule has 1 aliphatic heterocycles. The predicted molar refractivity (Wildman–Crippen MR) is 191 cm³/mol. The third-order valence-corrected chi connectivity index (χ3v) is 9.18. The Morgan fingerprint density at radius 3 is 1.35 bits per heavy atom. The Hall–Kier alpha value is -4.76. The lowest BCUT2D eigenvalue weighted by atomic mass is 10.1. The van der Waals surface area contributed by atoms with E-state index in [0.29, 0.717) is 0 Å². The van der Waals surface area contributed by atoms with Crippen LogP contribution < -0.4 is 0 Å². The molecule has 0 nitrogen and oxygen atoms in total. The minimum atomic E-state index is 1.18. The summed E-state index contributed by atoms with van der Waals surface area (Å²) in [7, 11) is 0. The van der Waals surface area contributed by atoms with Gasteiger partial charge < -0.3 is 0 Å². The molecule has 5 aromatic rings. The molecule has 0 aliphatic carbocycles. The summed E-state index contributed by atoms with van der Waals surface area (Å²) < 4.78 is 0. The lowest BCUT2D eigenvalue weighted by Crippen LogP contribution is -1.90. The van der Waals surface area contributed by atoms with Crippen molar-refractivity contribution in [3.05, 3.63) is 204 Å². The second-order valence-electron chi connectivity index (χ2n) is 10.00. The Kier molecular flexibility index (Phi) is 9.51. The summed E-state index contributed by atoms with van der Waals surface area (Å²) in [6.45, 7) is 0. The van der Waals surface area contributed by atoms with Crippen LogP contribution in [0.5, 0.6) is 0 Å².